The van der Waals surface area contributed by atoms with Crippen LogP contribution < -0.4 is 0 Å². The van der Waals surface area contributed by atoms with Gasteiger partial charge < -0.3 is 14.7 Å². The van der Waals surface area contributed by atoms with Crippen LogP contribution in [0.1, 0.15) is 61.9 Å². The zero-order chi connectivity index (χ0) is 17.0. The monoisotopic (exact) mass is 319 g/mol. The largest absolute Gasteiger partial charge is 0.478 e. The first kappa shape index (κ1) is 17.3. The molecule has 0 spiro atoms. The standard InChI is InChI=1S/C18H25NO4/c1-18(2,3)23-17(22)19-11-5-4-6-15(12-19)13-7-9-14(10-8-13)16(20)21/h7-10,15H,4-6,11-12H2,1-3H3,(H,20,21)/t15-/m1/s1. The number of benzene rings is 1. The van der Waals surface area contributed by atoms with E-state index in [1.807, 2.05) is 32.9 Å². The molecule has 23 heavy (non-hydrogen) atoms. The number of carboxylic acids is 1. The molecule has 1 aromatic carbocycles. The third-order valence-electron chi connectivity index (χ3n) is 3.95. The number of aromatic carboxylic acids is 1. The minimum Gasteiger partial charge on any atom is -0.478 e. The number of nitrogens with zero attached hydrogens (tertiary/aromatic N) is 1. The molecule has 0 radical (unpaired) electrons. The number of amides is 1. The number of carbonyl (C=O) groups is 2. The lowest BCUT2D eigenvalue weighted by atomic mass is 9.93. The minimum absolute atomic E-state index is 0.216. The minimum atomic E-state index is -0.923. The third kappa shape index (κ3) is 4.98. The molecule has 1 aliphatic rings. The second kappa shape index (κ2) is 7.02. The maximum absolute atomic E-state index is 12.3. The van der Waals surface area contributed by atoms with Crippen molar-refractivity contribution < 1.29 is 19.4 Å². The van der Waals surface area contributed by atoms with Gasteiger partial charge in [0.1, 0.15) is 5.60 Å². The summed E-state index contributed by atoms with van der Waals surface area (Å²) in [5, 5.41) is 8.98. The third-order valence-corrected chi connectivity index (χ3v) is 3.95. The first-order chi connectivity index (χ1) is 10.8. The Morgan fingerprint density at radius 1 is 1.17 bits per heavy atom. The summed E-state index contributed by atoms with van der Waals surface area (Å²) < 4.78 is 5.48. The fourth-order valence-corrected chi connectivity index (χ4v) is 2.80. The molecule has 5 nitrogen and oxygen atoms in total. The van der Waals surface area contributed by atoms with E-state index >= 15 is 0 Å². The van der Waals surface area contributed by atoms with Gasteiger partial charge in [0, 0.05) is 19.0 Å². The van der Waals surface area contributed by atoms with E-state index in [1.165, 1.54) is 0 Å². The van der Waals surface area contributed by atoms with Crippen LogP contribution in [0.5, 0.6) is 0 Å². The van der Waals surface area contributed by atoms with E-state index in [-0.39, 0.29) is 17.6 Å². The molecule has 0 unspecified atom stereocenters. The fraction of sp³-hybridized carbons (Fsp3) is 0.556. The van der Waals surface area contributed by atoms with E-state index in [4.69, 9.17) is 9.84 Å². The highest BCUT2D eigenvalue weighted by atomic mass is 16.6. The highest BCUT2D eigenvalue weighted by molar-refractivity contribution is 5.87. The van der Waals surface area contributed by atoms with Gasteiger partial charge in [0.15, 0.2) is 0 Å². The van der Waals surface area contributed by atoms with Gasteiger partial charge in [-0.05, 0) is 51.3 Å². The molecule has 1 aliphatic heterocycles. The lowest BCUT2D eigenvalue weighted by Gasteiger charge is -2.28. The molecular weight excluding hydrogens is 294 g/mol. The van der Waals surface area contributed by atoms with Crippen LogP contribution in [0.2, 0.25) is 0 Å². The summed E-state index contributed by atoms with van der Waals surface area (Å²) >= 11 is 0. The Morgan fingerprint density at radius 3 is 2.39 bits per heavy atom. The molecule has 1 fully saturated rings. The lowest BCUT2D eigenvalue weighted by molar-refractivity contribution is 0.0248. The maximum Gasteiger partial charge on any atom is 0.410 e. The van der Waals surface area contributed by atoms with E-state index in [2.05, 4.69) is 0 Å². The Balaban J connectivity index is 2.09. The summed E-state index contributed by atoms with van der Waals surface area (Å²) in [6.45, 7) is 6.92. The van der Waals surface area contributed by atoms with Gasteiger partial charge in [-0.3, -0.25) is 0 Å². The molecule has 0 saturated carbocycles. The summed E-state index contributed by atoms with van der Waals surface area (Å²) in [7, 11) is 0. The van der Waals surface area contributed by atoms with Crippen molar-refractivity contribution in [1.82, 2.24) is 4.90 Å². The first-order valence-corrected chi connectivity index (χ1v) is 8.07. The Hall–Kier alpha value is -2.04. The molecule has 126 valence electrons. The number of ether oxygens (including phenoxy) is 1. The van der Waals surface area contributed by atoms with Crippen LogP contribution in [0, 0.1) is 0 Å². The van der Waals surface area contributed by atoms with Crippen LogP contribution in [0.25, 0.3) is 0 Å². The van der Waals surface area contributed by atoms with Crippen molar-refractivity contribution in [3.05, 3.63) is 35.4 Å². The molecule has 1 saturated heterocycles. The predicted octanol–water partition coefficient (Wildman–Crippen LogP) is 3.89. The van der Waals surface area contributed by atoms with E-state index in [1.54, 1.807) is 17.0 Å². The van der Waals surface area contributed by atoms with Crippen molar-refractivity contribution in [2.75, 3.05) is 13.1 Å². The van der Waals surface area contributed by atoms with Crippen molar-refractivity contribution >= 4 is 12.1 Å². The van der Waals surface area contributed by atoms with Crippen molar-refractivity contribution in [3.8, 4) is 0 Å². The van der Waals surface area contributed by atoms with Gasteiger partial charge in [-0.15, -0.1) is 0 Å². The Kier molecular flexibility index (Phi) is 5.29. The molecule has 0 aliphatic carbocycles. The van der Waals surface area contributed by atoms with E-state index < -0.39 is 11.6 Å². The van der Waals surface area contributed by atoms with Crippen molar-refractivity contribution in [3.63, 3.8) is 0 Å². The molecule has 1 heterocycles. The topological polar surface area (TPSA) is 66.8 Å². The summed E-state index contributed by atoms with van der Waals surface area (Å²) in [5.41, 5.74) is 0.860. The molecule has 1 aromatic rings. The fourth-order valence-electron chi connectivity index (χ4n) is 2.80. The lowest BCUT2D eigenvalue weighted by Crippen LogP contribution is -2.38. The Bertz CT molecular complexity index is 559. The van der Waals surface area contributed by atoms with E-state index in [9.17, 15) is 9.59 Å². The van der Waals surface area contributed by atoms with Crippen LogP contribution in [0.4, 0.5) is 4.79 Å². The van der Waals surface area contributed by atoms with E-state index in [0.717, 1.165) is 24.8 Å². The molecule has 0 bridgehead atoms. The van der Waals surface area contributed by atoms with Crippen LogP contribution in [-0.2, 0) is 4.74 Å². The molecule has 1 N–H and O–H groups in total. The average molecular weight is 319 g/mol. The van der Waals surface area contributed by atoms with Crippen molar-refractivity contribution in [1.29, 1.82) is 0 Å². The quantitative estimate of drug-likeness (QED) is 0.898. The zero-order valence-electron chi connectivity index (χ0n) is 14.0. The number of carboxylic acid groups (broad SMARTS) is 1. The highest BCUT2D eigenvalue weighted by Crippen LogP contribution is 2.27. The van der Waals surface area contributed by atoms with E-state index in [0.29, 0.717) is 13.1 Å². The van der Waals surface area contributed by atoms with Gasteiger partial charge in [0.25, 0.3) is 0 Å². The number of hydrogen-bond acceptors (Lipinski definition) is 3. The van der Waals surface area contributed by atoms with Crippen molar-refractivity contribution in [2.45, 2.75) is 51.6 Å². The molecule has 5 heteroatoms. The predicted molar refractivity (Wildman–Crippen MR) is 87.8 cm³/mol. The smallest absolute Gasteiger partial charge is 0.410 e. The summed E-state index contributed by atoms with van der Waals surface area (Å²) in [6.07, 6.45) is 2.73. The molecule has 0 aromatic heterocycles. The average Bonchev–Trinajstić information content (AvgIpc) is 2.71. The highest BCUT2D eigenvalue weighted by Gasteiger charge is 2.27. The zero-order valence-corrected chi connectivity index (χ0v) is 14.0. The van der Waals surface area contributed by atoms with Gasteiger partial charge in [-0.1, -0.05) is 18.6 Å². The van der Waals surface area contributed by atoms with Gasteiger partial charge in [-0.25, -0.2) is 9.59 Å². The number of hydrogen-bond donors (Lipinski definition) is 1. The second-order valence-electron chi connectivity index (χ2n) is 7.05. The molecule has 1 atom stereocenters. The molecule has 2 rings (SSSR count). The number of likely N-dealkylation sites (tertiary alicyclic amines) is 1. The number of carbonyl (C=O) groups excluding carboxylic acids is 1. The maximum atomic E-state index is 12.3. The van der Waals surface area contributed by atoms with Crippen LogP contribution in [0.15, 0.2) is 24.3 Å². The SMILES string of the molecule is CC(C)(C)OC(=O)N1CCCC[C@@H](c2ccc(C(=O)O)cc2)C1. The van der Waals surface area contributed by atoms with Crippen LogP contribution in [0.3, 0.4) is 0 Å². The second-order valence-corrected chi connectivity index (χ2v) is 7.05. The van der Waals surface area contributed by atoms with Crippen LogP contribution in [-0.4, -0.2) is 40.8 Å². The van der Waals surface area contributed by atoms with Gasteiger partial charge in [-0.2, -0.15) is 0 Å². The van der Waals surface area contributed by atoms with Crippen molar-refractivity contribution in [2.24, 2.45) is 0 Å². The normalized spacial score (nSPS) is 19.1. The summed E-state index contributed by atoms with van der Waals surface area (Å²) in [6, 6.07) is 6.96. The van der Waals surface area contributed by atoms with Crippen LogP contribution >= 0.6 is 0 Å². The van der Waals surface area contributed by atoms with Gasteiger partial charge >= 0.3 is 12.1 Å². The van der Waals surface area contributed by atoms with Gasteiger partial charge in [0.05, 0.1) is 5.56 Å². The first-order valence-electron chi connectivity index (χ1n) is 8.07. The Labute approximate surface area is 137 Å². The molecular formula is C18H25NO4. The summed E-state index contributed by atoms with van der Waals surface area (Å²) in [4.78, 5) is 25.0. The Morgan fingerprint density at radius 2 is 1.83 bits per heavy atom. The number of rotatable bonds is 2. The molecule has 1 amide bonds. The van der Waals surface area contributed by atoms with Gasteiger partial charge in [0.2, 0.25) is 0 Å². The summed E-state index contributed by atoms with van der Waals surface area (Å²) in [5.74, 6) is -0.708.